The lowest BCUT2D eigenvalue weighted by Crippen LogP contribution is -2.35. The Hall–Kier alpha value is -1.10. The van der Waals surface area contributed by atoms with Gasteiger partial charge in [-0.2, -0.15) is 0 Å². The highest BCUT2D eigenvalue weighted by atomic mass is 16.5. The molecule has 0 aliphatic heterocycles. The summed E-state index contributed by atoms with van der Waals surface area (Å²) in [5.74, 6) is -1.11. The number of carboxylic acids is 1. The van der Waals surface area contributed by atoms with E-state index < -0.39 is 24.1 Å². The molecule has 5 heteroatoms. The maximum Gasteiger partial charge on any atom is 0.305 e. The number of amides is 1. The first-order chi connectivity index (χ1) is 8.36. The van der Waals surface area contributed by atoms with Crippen LogP contribution in [0.3, 0.4) is 0 Å². The van der Waals surface area contributed by atoms with Crippen LogP contribution in [0.1, 0.15) is 52.9 Å². The van der Waals surface area contributed by atoms with Gasteiger partial charge in [-0.1, -0.05) is 33.1 Å². The number of carboxylic acid groups (broad SMARTS) is 1. The summed E-state index contributed by atoms with van der Waals surface area (Å²) in [7, 11) is 0. The summed E-state index contributed by atoms with van der Waals surface area (Å²) in [5.41, 5.74) is 5.28. The van der Waals surface area contributed by atoms with Crippen molar-refractivity contribution < 1.29 is 19.4 Å². The van der Waals surface area contributed by atoms with Gasteiger partial charge in [0.15, 0.2) is 0 Å². The van der Waals surface area contributed by atoms with Crippen LogP contribution in [0.15, 0.2) is 0 Å². The van der Waals surface area contributed by atoms with Crippen molar-refractivity contribution in [2.45, 2.75) is 65.1 Å². The van der Waals surface area contributed by atoms with Gasteiger partial charge in [-0.05, 0) is 19.3 Å². The smallest absolute Gasteiger partial charge is 0.305 e. The van der Waals surface area contributed by atoms with Crippen LogP contribution in [-0.2, 0) is 14.3 Å². The molecule has 0 aromatic rings. The molecular formula is C13H25NO4. The van der Waals surface area contributed by atoms with Crippen molar-refractivity contribution in [1.82, 2.24) is 0 Å². The molecule has 0 unspecified atom stereocenters. The Balaban J connectivity index is 4.21. The molecule has 106 valence electrons. The monoisotopic (exact) mass is 259 g/mol. The second-order valence-electron chi connectivity index (χ2n) is 4.92. The minimum atomic E-state index is -0.940. The lowest BCUT2D eigenvalue weighted by Gasteiger charge is -2.22. The number of nitrogens with two attached hydrogens (primary N) is 1. The molecule has 0 aromatic heterocycles. The molecular weight excluding hydrogens is 234 g/mol. The number of ether oxygens (including phenoxy) is 1. The van der Waals surface area contributed by atoms with E-state index in [9.17, 15) is 9.59 Å². The predicted molar refractivity (Wildman–Crippen MR) is 69.1 cm³/mol. The summed E-state index contributed by atoms with van der Waals surface area (Å²) in [6.45, 7) is 5.81. The van der Waals surface area contributed by atoms with Crippen molar-refractivity contribution in [2.75, 3.05) is 0 Å². The second kappa shape index (κ2) is 8.91. The summed E-state index contributed by atoms with van der Waals surface area (Å²) in [5, 5.41) is 8.64. The molecule has 0 aromatic carbocycles. The van der Waals surface area contributed by atoms with Gasteiger partial charge in [0.25, 0.3) is 0 Å². The van der Waals surface area contributed by atoms with Gasteiger partial charge in [-0.25, -0.2) is 0 Å². The van der Waals surface area contributed by atoms with Crippen LogP contribution in [0, 0.1) is 5.92 Å². The van der Waals surface area contributed by atoms with Gasteiger partial charge in [0.05, 0.1) is 12.5 Å². The SMILES string of the molecule is CCCC[C@@H](C)C[C@@H](O[C@H](C)CC(=O)O)C(N)=O. The van der Waals surface area contributed by atoms with E-state index >= 15 is 0 Å². The molecule has 0 saturated carbocycles. The summed E-state index contributed by atoms with van der Waals surface area (Å²) in [6.07, 6.45) is 2.49. The highest BCUT2D eigenvalue weighted by Crippen LogP contribution is 2.17. The second-order valence-corrected chi connectivity index (χ2v) is 4.92. The molecule has 0 heterocycles. The van der Waals surface area contributed by atoms with Gasteiger partial charge < -0.3 is 15.6 Å². The zero-order valence-electron chi connectivity index (χ0n) is 11.5. The standard InChI is InChI=1S/C13H25NO4/c1-4-5-6-9(2)7-11(13(14)17)18-10(3)8-12(15)16/h9-11H,4-8H2,1-3H3,(H2,14,17)(H,15,16)/t9-,10-,11-/m1/s1. The normalized spacial score (nSPS) is 15.9. The van der Waals surface area contributed by atoms with E-state index in [1.807, 2.05) is 0 Å². The van der Waals surface area contributed by atoms with Crippen LogP contribution in [0.5, 0.6) is 0 Å². The Morgan fingerprint density at radius 2 is 1.94 bits per heavy atom. The fourth-order valence-corrected chi connectivity index (χ4v) is 1.85. The minimum Gasteiger partial charge on any atom is -0.481 e. The third-order valence-corrected chi connectivity index (χ3v) is 2.84. The van der Waals surface area contributed by atoms with Crippen molar-refractivity contribution in [1.29, 1.82) is 0 Å². The van der Waals surface area contributed by atoms with Gasteiger partial charge >= 0.3 is 5.97 Å². The van der Waals surface area contributed by atoms with Crippen molar-refractivity contribution in [3.05, 3.63) is 0 Å². The minimum absolute atomic E-state index is 0.118. The predicted octanol–water partition coefficient (Wildman–Crippen LogP) is 1.94. The molecule has 0 spiro atoms. The summed E-state index contributed by atoms with van der Waals surface area (Å²) >= 11 is 0. The zero-order valence-corrected chi connectivity index (χ0v) is 11.5. The number of rotatable bonds is 10. The van der Waals surface area contributed by atoms with Crippen LogP contribution >= 0.6 is 0 Å². The van der Waals surface area contributed by atoms with E-state index in [4.69, 9.17) is 15.6 Å². The van der Waals surface area contributed by atoms with Crippen LogP contribution < -0.4 is 5.73 Å². The molecule has 3 atom stereocenters. The van der Waals surface area contributed by atoms with Gasteiger partial charge in [-0.15, -0.1) is 0 Å². The Bertz CT molecular complexity index is 268. The van der Waals surface area contributed by atoms with E-state index in [0.29, 0.717) is 12.3 Å². The first-order valence-corrected chi connectivity index (χ1v) is 6.53. The van der Waals surface area contributed by atoms with Crippen molar-refractivity contribution in [3.63, 3.8) is 0 Å². The lowest BCUT2D eigenvalue weighted by molar-refractivity contribution is -0.145. The number of aliphatic carboxylic acids is 1. The fraction of sp³-hybridized carbons (Fsp3) is 0.846. The Kier molecular flexibility index (Phi) is 8.37. The molecule has 18 heavy (non-hydrogen) atoms. The number of hydrogen-bond donors (Lipinski definition) is 2. The summed E-state index contributed by atoms with van der Waals surface area (Å²) < 4.78 is 5.42. The Labute approximate surface area is 109 Å². The number of unbranched alkanes of at least 4 members (excludes halogenated alkanes) is 1. The topological polar surface area (TPSA) is 89.6 Å². The number of primary amides is 1. The maximum absolute atomic E-state index is 11.3. The van der Waals surface area contributed by atoms with Crippen LogP contribution in [0.4, 0.5) is 0 Å². The van der Waals surface area contributed by atoms with E-state index in [1.165, 1.54) is 0 Å². The van der Waals surface area contributed by atoms with Crippen LogP contribution in [0.2, 0.25) is 0 Å². The van der Waals surface area contributed by atoms with Crippen molar-refractivity contribution >= 4 is 11.9 Å². The molecule has 0 aliphatic carbocycles. The molecule has 3 N–H and O–H groups in total. The zero-order chi connectivity index (χ0) is 14.1. The van der Waals surface area contributed by atoms with Crippen molar-refractivity contribution in [2.24, 2.45) is 11.7 Å². The van der Waals surface area contributed by atoms with Crippen LogP contribution in [0.25, 0.3) is 0 Å². The highest BCUT2D eigenvalue weighted by Gasteiger charge is 2.22. The van der Waals surface area contributed by atoms with Crippen molar-refractivity contribution in [3.8, 4) is 0 Å². The molecule has 0 bridgehead atoms. The van der Waals surface area contributed by atoms with E-state index in [-0.39, 0.29) is 6.42 Å². The third-order valence-electron chi connectivity index (χ3n) is 2.84. The first kappa shape index (κ1) is 16.9. The van der Waals surface area contributed by atoms with Gasteiger partial charge in [0.1, 0.15) is 6.10 Å². The van der Waals surface area contributed by atoms with E-state index in [0.717, 1.165) is 19.3 Å². The fourth-order valence-electron chi connectivity index (χ4n) is 1.85. The Morgan fingerprint density at radius 3 is 2.39 bits per heavy atom. The van der Waals surface area contributed by atoms with E-state index in [1.54, 1.807) is 6.92 Å². The number of hydrogen-bond acceptors (Lipinski definition) is 3. The average molecular weight is 259 g/mol. The average Bonchev–Trinajstić information content (AvgIpc) is 2.24. The van der Waals surface area contributed by atoms with Gasteiger partial charge in [0, 0.05) is 0 Å². The summed E-state index contributed by atoms with van der Waals surface area (Å²) in [6, 6.07) is 0. The molecule has 0 fully saturated rings. The molecule has 0 radical (unpaired) electrons. The van der Waals surface area contributed by atoms with E-state index in [2.05, 4.69) is 13.8 Å². The molecule has 1 amide bonds. The third kappa shape index (κ3) is 8.06. The number of carbonyl (C=O) groups is 2. The Morgan fingerprint density at radius 1 is 1.33 bits per heavy atom. The number of carbonyl (C=O) groups excluding carboxylic acids is 1. The first-order valence-electron chi connectivity index (χ1n) is 6.53. The quantitative estimate of drug-likeness (QED) is 0.627. The van der Waals surface area contributed by atoms with Crippen LogP contribution in [-0.4, -0.2) is 29.2 Å². The molecule has 5 nitrogen and oxygen atoms in total. The molecule has 0 saturated heterocycles. The van der Waals surface area contributed by atoms with Gasteiger partial charge in [-0.3, -0.25) is 9.59 Å². The molecule has 0 rings (SSSR count). The maximum atomic E-state index is 11.3. The molecule has 0 aliphatic rings. The highest BCUT2D eigenvalue weighted by molar-refractivity contribution is 5.78. The largest absolute Gasteiger partial charge is 0.481 e. The lowest BCUT2D eigenvalue weighted by atomic mass is 9.97. The van der Waals surface area contributed by atoms with Gasteiger partial charge in [0.2, 0.25) is 5.91 Å². The summed E-state index contributed by atoms with van der Waals surface area (Å²) in [4.78, 5) is 21.8.